The third-order valence-corrected chi connectivity index (χ3v) is 4.96. The van der Waals surface area contributed by atoms with Crippen LogP contribution in [-0.4, -0.2) is 23.3 Å². The Morgan fingerprint density at radius 3 is 2.35 bits per heavy atom. The van der Waals surface area contributed by atoms with Crippen molar-refractivity contribution in [3.63, 3.8) is 0 Å². The van der Waals surface area contributed by atoms with Crippen molar-refractivity contribution in [3.8, 4) is 0 Å². The summed E-state index contributed by atoms with van der Waals surface area (Å²) >= 11 is 0. The third kappa shape index (κ3) is 3.21. The van der Waals surface area contributed by atoms with E-state index in [-0.39, 0.29) is 11.9 Å². The van der Waals surface area contributed by atoms with Crippen LogP contribution in [0.4, 0.5) is 4.39 Å². The molecule has 0 spiro atoms. The van der Waals surface area contributed by atoms with E-state index in [1.54, 1.807) is 12.1 Å². The fourth-order valence-corrected chi connectivity index (χ4v) is 3.81. The van der Waals surface area contributed by atoms with Gasteiger partial charge in [0.25, 0.3) is 0 Å². The summed E-state index contributed by atoms with van der Waals surface area (Å²) in [6.07, 6.45) is 7.55. The van der Waals surface area contributed by atoms with Crippen LogP contribution in [0.15, 0.2) is 24.3 Å². The summed E-state index contributed by atoms with van der Waals surface area (Å²) in [7, 11) is 0. The second-order valence-corrected chi connectivity index (χ2v) is 6.37. The number of halogens is 1. The van der Waals surface area contributed by atoms with Crippen molar-refractivity contribution < 1.29 is 9.50 Å². The average Bonchev–Trinajstić information content (AvgIpc) is 2.90. The molecule has 3 rings (SSSR count). The zero-order valence-electron chi connectivity index (χ0n) is 11.9. The molecule has 2 unspecified atom stereocenters. The molecule has 2 saturated carbocycles. The smallest absolute Gasteiger partial charge is 0.123 e. The molecule has 3 heteroatoms. The van der Waals surface area contributed by atoms with Crippen molar-refractivity contribution in [1.82, 2.24) is 5.32 Å². The molecule has 1 aromatic rings. The summed E-state index contributed by atoms with van der Waals surface area (Å²) < 4.78 is 13.0. The predicted octanol–water partition coefficient (Wildman–Crippen LogP) is 3.35. The molecular formula is C17H24FNO. The van der Waals surface area contributed by atoms with Gasteiger partial charge in [-0.2, -0.15) is 0 Å². The van der Waals surface area contributed by atoms with Crippen LogP contribution in [-0.2, 0) is 0 Å². The van der Waals surface area contributed by atoms with Crippen LogP contribution in [0.2, 0.25) is 0 Å². The van der Waals surface area contributed by atoms with Crippen LogP contribution in [0, 0.1) is 5.82 Å². The van der Waals surface area contributed by atoms with E-state index in [9.17, 15) is 9.50 Å². The Labute approximate surface area is 120 Å². The van der Waals surface area contributed by atoms with E-state index in [0.717, 1.165) is 25.7 Å². The highest BCUT2D eigenvalue weighted by Crippen LogP contribution is 2.35. The van der Waals surface area contributed by atoms with Gasteiger partial charge in [0.2, 0.25) is 0 Å². The van der Waals surface area contributed by atoms with E-state index in [2.05, 4.69) is 5.32 Å². The molecule has 2 aliphatic rings. The summed E-state index contributed by atoms with van der Waals surface area (Å²) in [6, 6.07) is 8.07. The molecule has 0 aliphatic heterocycles. The summed E-state index contributed by atoms with van der Waals surface area (Å²) in [5, 5.41) is 13.4. The van der Waals surface area contributed by atoms with Gasteiger partial charge >= 0.3 is 0 Å². The van der Waals surface area contributed by atoms with Gasteiger partial charge in [0.15, 0.2) is 0 Å². The summed E-state index contributed by atoms with van der Waals surface area (Å²) in [5.74, 6) is 0.361. The van der Waals surface area contributed by atoms with Gasteiger partial charge in [0.1, 0.15) is 5.82 Å². The molecule has 0 bridgehead atoms. The second kappa shape index (κ2) is 6.23. The first kappa shape index (κ1) is 14.0. The van der Waals surface area contributed by atoms with E-state index in [4.69, 9.17) is 0 Å². The van der Waals surface area contributed by atoms with Crippen LogP contribution in [0.5, 0.6) is 0 Å². The fourth-order valence-electron chi connectivity index (χ4n) is 3.81. The number of rotatable bonds is 3. The van der Waals surface area contributed by atoms with Crippen LogP contribution >= 0.6 is 0 Å². The highest BCUT2D eigenvalue weighted by atomic mass is 19.1. The number of hydrogen-bond donors (Lipinski definition) is 2. The van der Waals surface area contributed by atoms with Gasteiger partial charge in [-0.1, -0.05) is 18.6 Å². The lowest BCUT2D eigenvalue weighted by Crippen LogP contribution is -2.42. The maximum absolute atomic E-state index is 13.0. The van der Waals surface area contributed by atoms with Crippen LogP contribution in [0.1, 0.15) is 56.4 Å². The lowest BCUT2D eigenvalue weighted by Gasteiger charge is -2.31. The minimum Gasteiger partial charge on any atom is -0.393 e. The lowest BCUT2D eigenvalue weighted by atomic mass is 9.89. The molecule has 2 fully saturated rings. The van der Waals surface area contributed by atoms with Crippen molar-refractivity contribution in [3.05, 3.63) is 35.6 Å². The zero-order valence-corrected chi connectivity index (χ0v) is 11.9. The summed E-state index contributed by atoms with van der Waals surface area (Å²) in [4.78, 5) is 0. The van der Waals surface area contributed by atoms with E-state index in [1.165, 1.54) is 24.8 Å². The van der Waals surface area contributed by atoms with E-state index in [0.29, 0.717) is 18.0 Å². The minimum atomic E-state index is -0.155. The third-order valence-electron chi connectivity index (χ3n) is 4.96. The Hall–Kier alpha value is -0.930. The summed E-state index contributed by atoms with van der Waals surface area (Å²) in [5.41, 5.74) is 1.26. The normalized spacial score (nSPS) is 34.3. The van der Waals surface area contributed by atoms with Gasteiger partial charge in [0, 0.05) is 12.1 Å². The van der Waals surface area contributed by atoms with Crippen LogP contribution in [0.3, 0.4) is 0 Å². The molecule has 1 aromatic carbocycles. The van der Waals surface area contributed by atoms with Crippen LogP contribution in [0.25, 0.3) is 0 Å². The standard InChI is InChI=1S/C17H24FNO/c18-13-6-4-12(5-7-13)16-2-1-3-17(16)19-14-8-10-15(20)11-9-14/h4-7,14-17,19-20H,1-3,8-11H2. The average molecular weight is 277 g/mol. The highest BCUT2D eigenvalue weighted by molar-refractivity contribution is 5.23. The van der Waals surface area contributed by atoms with Gasteiger partial charge in [-0.3, -0.25) is 0 Å². The van der Waals surface area contributed by atoms with Gasteiger partial charge in [0.05, 0.1) is 6.10 Å². The fraction of sp³-hybridized carbons (Fsp3) is 0.647. The van der Waals surface area contributed by atoms with Gasteiger partial charge in [-0.15, -0.1) is 0 Å². The first-order chi connectivity index (χ1) is 9.72. The lowest BCUT2D eigenvalue weighted by molar-refractivity contribution is 0.113. The molecule has 2 nitrogen and oxygen atoms in total. The van der Waals surface area contributed by atoms with Crippen molar-refractivity contribution in [2.45, 2.75) is 69.1 Å². The summed E-state index contributed by atoms with van der Waals surface area (Å²) in [6.45, 7) is 0. The van der Waals surface area contributed by atoms with Crippen molar-refractivity contribution in [2.75, 3.05) is 0 Å². The van der Waals surface area contributed by atoms with Crippen LogP contribution < -0.4 is 5.32 Å². The molecule has 2 atom stereocenters. The van der Waals surface area contributed by atoms with Crippen molar-refractivity contribution >= 4 is 0 Å². The molecule has 0 aromatic heterocycles. The number of aliphatic hydroxyl groups is 1. The van der Waals surface area contributed by atoms with Gasteiger partial charge < -0.3 is 10.4 Å². The van der Waals surface area contributed by atoms with Gasteiger partial charge in [-0.05, 0) is 62.1 Å². The molecule has 0 radical (unpaired) electrons. The second-order valence-electron chi connectivity index (χ2n) is 6.37. The topological polar surface area (TPSA) is 32.3 Å². The Kier molecular flexibility index (Phi) is 4.37. The monoisotopic (exact) mass is 277 g/mol. The van der Waals surface area contributed by atoms with E-state index < -0.39 is 0 Å². The first-order valence-corrected chi connectivity index (χ1v) is 7.92. The molecule has 0 heterocycles. The number of aliphatic hydroxyl groups excluding tert-OH is 1. The molecule has 0 amide bonds. The molecule has 20 heavy (non-hydrogen) atoms. The van der Waals surface area contributed by atoms with E-state index >= 15 is 0 Å². The Morgan fingerprint density at radius 1 is 0.950 bits per heavy atom. The van der Waals surface area contributed by atoms with Gasteiger partial charge in [-0.25, -0.2) is 4.39 Å². The number of nitrogens with one attached hydrogen (secondary N) is 1. The number of benzene rings is 1. The quantitative estimate of drug-likeness (QED) is 0.888. The Bertz CT molecular complexity index is 425. The molecule has 0 saturated heterocycles. The number of hydrogen-bond acceptors (Lipinski definition) is 2. The highest BCUT2D eigenvalue weighted by Gasteiger charge is 2.31. The van der Waals surface area contributed by atoms with E-state index in [1.807, 2.05) is 12.1 Å². The minimum absolute atomic E-state index is 0.0930. The Balaban J connectivity index is 1.62. The molecule has 110 valence electrons. The maximum Gasteiger partial charge on any atom is 0.123 e. The Morgan fingerprint density at radius 2 is 1.65 bits per heavy atom. The zero-order chi connectivity index (χ0) is 13.9. The molecular weight excluding hydrogens is 253 g/mol. The maximum atomic E-state index is 13.0. The predicted molar refractivity (Wildman–Crippen MR) is 78.2 cm³/mol. The van der Waals surface area contributed by atoms with Crippen molar-refractivity contribution in [1.29, 1.82) is 0 Å². The first-order valence-electron chi connectivity index (χ1n) is 7.92. The van der Waals surface area contributed by atoms with Crippen molar-refractivity contribution in [2.24, 2.45) is 0 Å². The molecule has 2 aliphatic carbocycles. The largest absolute Gasteiger partial charge is 0.393 e. The molecule has 2 N–H and O–H groups in total. The SMILES string of the molecule is OC1CCC(NC2CCCC2c2ccc(F)cc2)CC1.